The average Bonchev–Trinajstić information content (AvgIpc) is 2.35. The van der Waals surface area contributed by atoms with Gasteiger partial charge in [-0.1, -0.05) is 12.2 Å². The molecule has 0 atom stereocenters. The first-order valence-electron chi connectivity index (χ1n) is 6.24. The molecule has 104 valence electrons. The fourth-order valence-electron chi connectivity index (χ4n) is 1.65. The summed E-state index contributed by atoms with van der Waals surface area (Å²) in [6, 6.07) is 3.77. The zero-order chi connectivity index (χ0) is 14.4. The SMILES string of the molecule is CCN(CC(=O)NC(C)C)c1ccc(C(N)=S)nc1. The molecule has 0 aliphatic rings. The minimum Gasteiger partial charge on any atom is -0.388 e. The van der Waals surface area contributed by atoms with E-state index in [0.717, 1.165) is 12.2 Å². The van der Waals surface area contributed by atoms with Gasteiger partial charge in [-0.25, -0.2) is 0 Å². The van der Waals surface area contributed by atoms with Crippen LogP contribution < -0.4 is 16.0 Å². The first-order valence-corrected chi connectivity index (χ1v) is 6.65. The topological polar surface area (TPSA) is 71.2 Å². The van der Waals surface area contributed by atoms with E-state index >= 15 is 0 Å². The Morgan fingerprint density at radius 3 is 2.63 bits per heavy atom. The van der Waals surface area contributed by atoms with E-state index < -0.39 is 0 Å². The van der Waals surface area contributed by atoms with Crippen molar-refractivity contribution in [2.24, 2.45) is 5.73 Å². The first-order chi connectivity index (χ1) is 8.93. The van der Waals surface area contributed by atoms with Crippen molar-refractivity contribution >= 4 is 28.8 Å². The minimum atomic E-state index is -0.00438. The first kappa shape index (κ1) is 15.4. The number of thiocarbonyl (C=S) groups is 1. The monoisotopic (exact) mass is 280 g/mol. The minimum absolute atomic E-state index is 0.00438. The van der Waals surface area contributed by atoms with E-state index in [-0.39, 0.29) is 16.9 Å². The molecule has 1 aromatic heterocycles. The zero-order valence-electron chi connectivity index (χ0n) is 11.5. The zero-order valence-corrected chi connectivity index (χ0v) is 12.3. The van der Waals surface area contributed by atoms with Gasteiger partial charge >= 0.3 is 0 Å². The molecular weight excluding hydrogens is 260 g/mol. The number of nitrogens with one attached hydrogen (secondary N) is 1. The summed E-state index contributed by atoms with van der Waals surface area (Å²) in [7, 11) is 0. The van der Waals surface area contributed by atoms with Crippen LogP contribution in [-0.4, -0.2) is 35.0 Å². The largest absolute Gasteiger partial charge is 0.388 e. The molecule has 0 aliphatic heterocycles. The summed E-state index contributed by atoms with van der Waals surface area (Å²) in [5.74, 6) is -0.00438. The molecule has 5 nitrogen and oxygen atoms in total. The molecular formula is C13H20N4OS. The van der Waals surface area contributed by atoms with Gasteiger partial charge in [-0.3, -0.25) is 9.78 Å². The van der Waals surface area contributed by atoms with Crippen LogP contribution in [0, 0.1) is 0 Å². The molecule has 0 saturated carbocycles. The van der Waals surface area contributed by atoms with Crippen molar-refractivity contribution in [3.8, 4) is 0 Å². The molecule has 0 unspecified atom stereocenters. The number of rotatable bonds is 6. The van der Waals surface area contributed by atoms with Crippen molar-refractivity contribution in [1.29, 1.82) is 0 Å². The number of anilines is 1. The van der Waals surface area contributed by atoms with Crippen molar-refractivity contribution < 1.29 is 4.79 Å². The second kappa shape index (κ2) is 7.04. The van der Waals surface area contributed by atoms with E-state index in [1.807, 2.05) is 31.7 Å². The summed E-state index contributed by atoms with van der Waals surface area (Å²) in [5, 5.41) is 2.87. The third kappa shape index (κ3) is 4.82. The van der Waals surface area contributed by atoms with Crippen LogP contribution in [0.4, 0.5) is 5.69 Å². The molecule has 1 aromatic rings. The highest BCUT2D eigenvalue weighted by atomic mass is 32.1. The molecule has 0 bridgehead atoms. The summed E-state index contributed by atoms with van der Waals surface area (Å²) >= 11 is 4.85. The van der Waals surface area contributed by atoms with Gasteiger partial charge in [0.2, 0.25) is 5.91 Å². The lowest BCUT2D eigenvalue weighted by Crippen LogP contribution is -2.40. The molecule has 0 aromatic carbocycles. The number of carbonyl (C=O) groups is 1. The molecule has 1 amide bonds. The van der Waals surface area contributed by atoms with Crippen molar-refractivity contribution in [3.05, 3.63) is 24.0 Å². The Kier molecular flexibility index (Phi) is 5.69. The van der Waals surface area contributed by atoms with Gasteiger partial charge in [-0.05, 0) is 32.9 Å². The maximum absolute atomic E-state index is 11.8. The summed E-state index contributed by atoms with van der Waals surface area (Å²) in [5.41, 5.74) is 6.96. The van der Waals surface area contributed by atoms with E-state index in [2.05, 4.69) is 10.3 Å². The lowest BCUT2D eigenvalue weighted by Gasteiger charge is -2.22. The quantitative estimate of drug-likeness (QED) is 0.763. The predicted octanol–water partition coefficient (Wildman–Crippen LogP) is 1.07. The van der Waals surface area contributed by atoms with Gasteiger partial charge in [0.15, 0.2) is 0 Å². The van der Waals surface area contributed by atoms with Crippen LogP contribution in [0.5, 0.6) is 0 Å². The summed E-state index contributed by atoms with van der Waals surface area (Å²) in [6.45, 7) is 6.89. The van der Waals surface area contributed by atoms with Crippen molar-refractivity contribution in [2.75, 3.05) is 18.0 Å². The fourth-order valence-corrected chi connectivity index (χ4v) is 1.77. The lowest BCUT2D eigenvalue weighted by molar-refractivity contribution is -0.120. The second-order valence-electron chi connectivity index (χ2n) is 4.50. The Labute approximate surface area is 119 Å². The van der Waals surface area contributed by atoms with Crippen LogP contribution in [0.25, 0.3) is 0 Å². The number of hydrogen-bond donors (Lipinski definition) is 2. The molecule has 0 saturated heterocycles. The number of amides is 1. The third-order valence-electron chi connectivity index (χ3n) is 2.53. The van der Waals surface area contributed by atoms with Gasteiger partial charge in [-0.15, -0.1) is 0 Å². The highest BCUT2D eigenvalue weighted by molar-refractivity contribution is 7.80. The van der Waals surface area contributed by atoms with Crippen LogP contribution in [-0.2, 0) is 4.79 Å². The maximum atomic E-state index is 11.8. The average molecular weight is 280 g/mol. The van der Waals surface area contributed by atoms with Gasteiger partial charge in [0.1, 0.15) is 4.99 Å². The second-order valence-corrected chi connectivity index (χ2v) is 4.94. The van der Waals surface area contributed by atoms with Gasteiger partial charge in [0.25, 0.3) is 0 Å². The highest BCUT2D eigenvalue weighted by Gasteiger charge is 2.11. The third-order valence-corrected chi connectivity index (χ3v) is 2.74. The molecule has 0 spiro atoms. The van der Waals surface area contributed by atoms with Crippen LogP contribution in [0.15, 0.2) is 18.3 Å². The standard InChI is InChI=1S/C13H20N4OS/c1-4-17(8-12(18)16-9(2)3)10-5-6-11(13(14)19)15-7-10/h5-7,9H,4,8H2,1-3H3,(H2,14,19)(H,16,18). The number of hydrogen-bond acceptors (Lipinski definition) is 4. The van der Waals surface area contributed by atoms with E-state index in [9.17, 15) is 4.79 Å². The molecule has 1 rings (SSSR count). The van der Waals surface area contributed by atoms with E-state index in [1.54, 1.807) is 12.3 Å². The van der Waals surface area contributed by atoms with Gasteiger partial charge in [0.05, 0.1) is 24.1 Å². The van der Waals surface area contributed by atoms with Crippen molar-refractivity contribution in [1.82, 2.24) is 10.3 Å². The van der Waals surface area contributed by atoms with E-state index in [1.165, 1.54) is 0 Å². The Balaban J connectivity index is 2.74. The molecule has 19 heavy (non-hydrogen) atoms. The molecule has 6 heteroatoms. The van der Waals surface area contributed by atoms with Crippen molar-refractivity contribution in [2.45, 2.75) is 26.8 Å². The number of carbonyl (C=O) groups excluding carboxylic acids is 1. The van der Waals surface area contributed by atoms with E-state index in [4.69, 9.17) is 18.0 Å². The van der Waals surface area contributed by atoms with Gasteiger partial charge < -0.3 is 16.0 Å². The number of nitrogens with zero attached hydrogens (tertiary/aromatic N) is 2. The lowest BCUT2D eigenvalue weighted by atomic mass is 10.3. The number of likely N-dealkylation sites (N-methyl/N-ethyl adjacent to an activating group) is 1. The molecule has 0 fully saturated rings. The van der Waals surface area contributed by atoms with Crippen molar-refractivity contribution in [3.63, 3.8) is 0 Å². The number of aromatic nitrogens is 1. The molecule has 0 radical (unpaired) electrons. The van der Waals surface area contributed by atoms with Crippen LogP contribution in [0.3, 0.4) is 0 Å². The normalized spacial score (nSPS) is 10.3. The fraction of sp³-hybridized carbons (Fsp3) is 0.462. The van der Waals surface area contributed by atoms with Crippen LogP contribution in [0.2, 0.25) is 0 Å². The Bertz CT molecular complexity index is 444. The summed E-state index contributed by atoms with van der Waals surface area (Å²) in [6.07, 6.45) is 1.68. The Hall–Kier alpha value is -1.69. The van der Waals surface area contributed by atoms with Gasteiger partial charge in [0, 0.05) is 12.6 Å². The number of nitrogens with two attached hydrogens (primary N) is 1. The van der Waals surface area contributed by atoms with Crippen LogP contribution in [0.1, 0.15) is 26.5 Å². The predicted molar refractivity (Wildman–Crippen MR) is 81.3 cm³/mol. The Morgan fingerprint density at radius 2 is 2.21 bits per heavy atom. The number of pyridine rings is 1. The maximum Gasteiger partial charge on any atom is 0.239 e. The van der Waals surface area contributed by atoms with E-state index in [0.29, 0.717) is 12.2 Å². The molecule has 0 aliphatic carbocycles. The van der Waals surface area contributed by atoms with Crippen LogP contribution >= 0.6 is 12.2 Å². The summed E-state index contributed by atoms with van der Waals surface area (Å²) in [4.78, 5) is 18.1. The molecule has 3 N–H and O–H groups in total. The van der Waals surface area contributed by atoms with Gasteiger partial charge in [-0.2, -0.15) is 0 Å². The Morgan fingerprint density at radius 1 is 1.53 bits per heavy atom. The highest BCUT2D eigenvalue weighted by Crippen LogP contribution is 2.12. The molecule has 1 heterocycles. The smallest absolute Gasteiger partial charge is 0.239 e. The summed E-state index contributed by atoms with van der Waals surface area (Å²) < 4.78 is 0.